The lowest BCUT2D eigenvalue weighted by molar-refractivity contribution is -0.122. The zero-order chi connectivity index (χ0) is 14.8. The van der Waals surface area contributed by atoms with Crippen LogP contribution in [0.15, 0.2) is 0 Å². The van der Waals surface area contributed by atoms with Crippen LogP contribution in [0.4, 0.5) is 0 Å². The highest BCUT2D eigenvalue weighted by molar-refractivity contribution is 5.78. The Labute approximate surface area is 123 Å². The Morgan fingerprint density at radius 1 is 1.40 bits per heavy atom. The largest absolute Gasteiger partial charge is 0.385 e. The van der Waals surface area contributed by atoms with E-state index in [1.807, 2.05) is 0 Å². The van der Waals surface area contributed by atoms with Crippen molar-refractivity contribution in [2.75, 3.05) is 46.4 Å². The molecule has 0 unspecified atom stereocenters. The van der Waals surface area contributed by atoms with Crippen LogP contribution >= 0.6 is 0 Å². The number of ether oxygens (including phenoxy) is 1. The quantitative estimate of drug-likeness (QED) is 0.617. The first-order valence-electron chi connectivity index (χ1n) is 7.84. The third kappa shape index (κ3) is 7.22. The molecule has 0 aliphatic carbocycles. The Morgan fingerprint density at radius 3 is 2.70 bits per heavy atom. The van der Waals surface area contributed by atoms with Gasteiger partial charge in [0.1, 0.15) is 0 Å². The highest BCUT2D eigenvalue weighted by Gasteiger charge is 2.20. The van der Waals surface area contributed by atoms with Crippen LogP contribution in [0.3, 0.4) is 0 Å². The van der Waals surface area contributed by atoms with Crippen LogP contribution in [0.5, 0.6) is 0 Å². The number of amides is 1. The summed E-state index contributed by atoms with van der Waals surface area (Å²) in [6.07, 6.45) is 3.32. The molecule has 5 nitrogen and oxygen atoms in total. The van der Waals surface area contributed by atoms with Gasteiger partial charge in [-0.3, -0.25) is 9.69 Å². The summed E-state index contributed by atoms with van der Waals surface area (Å²) in [4.78, 5) is 14.3. The van der Waals surface area contributed by atoms with Gasteiger partial charge in [0.15, 0.2) is 0 Å². The summed E-state index contributed by atoms with van der Waals surface area (Å²) in [7, 11) is 1.68. The molecular weight excluding hydrogens is 254 g/mol. The molecule has 0 aromatic heterocycles. The molecule has 1 heterocycles. The molecule has 5 heteroatoms. The maximum absolute atomic E-state index is 12.0. The van der Waals surface area contributed by atoms with Crippen LogP contribution < -0.4 is 10.6 Å². The number of piperidine rings is 1. The highest BCUT2D eigenvalue weighted by Crippen LogP contribution is 2.14. The molecule has 0 aromatic rings. The SMILES string of the molecule is COCCCNC(=O)CN(CC1CCNCC1)C(C)C. The zero-order valence-corrected chi connectivity index (χ0v) is 13.3. The molecule has 1 aliphatic heterocycles. The summed E-state index contributed by atoms with van der Waals surface area (Å²) in [5.41, 5.74) is 0. The second-order valence-electron chi connectivity index (χ2n) is 5.91. The molecule has 118 valence electrons. The average Bonchev–Trinajstić information content (AvgIpc) is 2.44. The molecule has 0 spiro atoms. The Kier molecular flexibility index (Phi) is 8.82. The minimum atomic E-state index is 0.128. The van der Waals surface area contributed by atoms with Crippen molar-refractivity contribution in [2.24, 2.45) is 5.92 Å². The summed E-state index contributed by atoms with van der Waals surface area (Å²) in [5.74, 6) is 0.851. The fourth-order valence-corrected chi connectivity index (χ4v) is 2.54. The van der Waals surface area contributed by atoms with E-state index < -0.39 is 0 Å². The minimum Gasteiger partial charge on any atom is -0.385 e. The molecule has 1 aliphatic rings. The van der Waals surface area contributed by atoms with Gasteiger partial charge in [-0.05, 0) is 52.1 Å². The first-order valence-corrected chi connectivity index (χ1v) is 7.84. The standard InChI is InChI=1S/C15H31N3O2/c1-13(2)18(11-14-5-8-16-9-6-14)12-15(19)17-7-4-10-20-3/h13-14,16H,4-12H2,1-3H3,(H,17,19). The Balaban J connectivity index is 2.28. The van der Waals surface area contributed by atoms with E-state index in [-0.39, 0.29) is 5.91 Å². The Morgan fingerprint density at radius 2 is 2.10 bits per heavy atom. The molecule has 1 amide bonds. The predicted octanol–water partition coefficient (Wildman–Crippen LogP) is 0.849. The van der Waals surface area contributed by atoms with Gasteiger partial charge in [0.05, 0.1) is 6.54 Å². The third-order valence-electron chi connectivity index (χ3n) is 3.88. The maximum Gasteiger partial charge on any atom is 0.234 e. The molecule has 0 atom stereocenters. The van der Waals surface area contributed by atoms with Gasteiger partial charge < -0.3 is 15.4 Å². The van der Waals surface area contributed by atoms with E-state index in [1.54, 1.807) is 7.11 Å². The first kappa shape index (κ1) is 17.4. The number of rotatable bonds is 9. The molecule has 20 heavy (non-hydrogen) atoms. The summed E-state index contributed by atoms with van der Waals surface area (Å²) < 4.78 is 4.98. The summed E-state index contributed by atoms with van der Waals surface area (Å²) in [5, 5.41) is 6.36. The number of nitrogens with zero attached hydrogens (tertiary/aromatic N) is 1. The summed E-state index contributed by atoms with van der Waals surface area (Å²) in [6, 6.07) is 0.412. The monoisotopic (exact) mass is 285 g/mol. The van der Waals surface area contributed by atoms with Gasteiger partial charge in [0.25, 0.3) is 0 Å². The van der Waals surface area contributed by atoms with Crippen LogP contribution in [0.25, 0.3) is 0 Å². The number of methoxy groups -OCH3 is 1. The molecule has 1 fully saturated rings. The molecule has 2 N–H and O–H groups in total. The molecule has 0 bridgehead atoms. The second-order valence-corrected chi connectivity index (χ2v) is 5.91. The smallest absolute Gasteiger partial charge is 0.234 e. The summed E-state index contributed by atoms with van der Waals surface area (Å²) >= 11 is 0. The Bertz CT molecular complexity index is 266. The molecule has 1 saturated heterocycles. The predicted molar refractivity (Wildman–Crippen MR) is 81.8 cm³/mol. The van der Waals surface area contributed by atoms with Gasteiger partial charge in [-0.2, -0.15) is 0 Å². The maximum atomic E-state index is 12.0. The van der Waals surface area contributed by atoms with E-state index in [2.05, 4.69) is 29.4 Å². The minimum absolute atomic E-state index is 0.128. The molecule has 0 saturated carbocycles. The topological polar surface area (TPSA) is 53.6 Å². The lowest BCUT2D eigenvalue weighted by atomic mass is 9.97. The van der Waals surface area contributed by atoms with Crippen molar-refractivity contribution >= 4 is 5.91 Å². The van der Waals surface area contributed by atoms with Gasteiger partial charge >= 0.3 is 0 Å². The van der Waals surface area contributed by atoms with E-state index in [0.29, 0.717) is 25.7 Å². The number of nitrogens with one attached hydrogen (secondary N) is 2. The number of carbonyl (C=O) groups excluding carboxylic acids is 1. The Hall–Kier alpha value is -0.650. The normalized spacial score (nSPS) is 16.9. The lowest BCUT2D eigenvalue weighted by Crippen LogP contribution is -2.45. The van der Waals surface area contributed by atoms with Crippen LogP contribution in [-0.4, -0.2) is 63.3 Å². The van der Waals surface area contributed by atoms with Crippen molar-refractivity contribution in [1.82, 2.24) is 15.5 Å². The van der Waals surface area contributed by atoms with Crippen LogP contribution in [-0.2, 0) is 9.53 Å². The van der Waals surface area contributed by atoms with Crippen LogP contribution in [0.2, 0.25) is 0 Å². The van der Waals surface area contributed by atoms with E-state index >= 15 is 0 Å². The second kappa shape index (κ2) is 10.1. The van der Waals surface area contributed by atoms with Gasteiger partial charge in [0, 0.05) is 32.8 Å². The molecule has 1 rings (SSSR count). The van der Waals surface area contributed by atoms with E-state index in [4.69, 9.17) is 4.74 Å². The third-order valence-corrected chi connectivity index (χ3v) is 3.88. The summed E-state index contributed by atoms with van der Waals surface area (Å²) in [6.45, 7) is 9.49. The first-order chi connectivity index (χ1) is 9.63. The van der Waals surface area contributed by atoms with Crippen molar-refractivity contribution in [3.63, 3.8) is 0 Å². The van der Waals surface area contributed by atoms with Gasteiger partial charge in [-0.1, -0.05) is 0 Å². The van der Waals surface area contributed by atoms with Crippen molar-refractivity contribution in [3.05, 3.63) is 0 Å². The van der Waals surface area contributed by atoms with Crippen LogP contribution in [0.1, 0.15) is 33.1 Å². The molecule has 0 radical (unpaired) electrons. The fourth-order valence-electron chi connectivity index (χ4n) is 2.54. The van der Waals surface area contributed by atoms with Crippen molar-refractivity contribution in [1.29, 1.82) is 0 Å². The lowest BCUT2D eigenvalue weighted by Gasteiger charge is -2.32. The van der Waals surface area contributed by atoms with E-state index in [9.17, 15) is 4.79 Å². The van der Waals surface area contributed by atoms with Gasteiger partial charge in [-0.25, -0.2) is 0 Å². The van der Waals surface area contributed by atoms with E-state index in [0.717, 1.165) is 32.0 Å². The van der Waals surface area contributed by atoms with Crippen LogP contribution in [0, 0.1) is 5.92 Å². The van der Waals surface area contributed by atoms with Crippen molar-refractivity contribution < 1.29 is 9.53 Å². The fraction of sp³-hybridized carbons (Fsp3) is 0.933. The number of hydrogen-bond acceptors (Lipinski definition) is 4. The van der Waals surface area contributed by atoms with E-state index in [1.165, 1.54) is 12.8 Å². The number of hydrogen-bond donors (Lipinski definition) is 2. The molecule has 0 aromatic carbocycles. The number of carbonyl (C=O) groups is 1. The van der Waals surface area contributed by atoms with Crippen molar-refractivity contribution in [2.45, 2.75) is 39.2 Å². The zero-order valence-electron chi connectivity index (χ0n) is 13.3. The molecular formula is C15H31N3O2. The van der Waals surface area contributed by atoms with Gasteiger partial charge in [0.2, 0.25) is 5.91 Å². The average molecular weight is 285 g/mol. The van der Waals surface area contributed by atoms with Gasteiger partial charge in [-0.15, -0.1) is 0 Å². The highest BCUT2D eigenvalue weighted by atomic mass is 16.5. The van der Waals surface area contributed by atoms with Crippen molar-refractivity contribution in [3.8, 4) is 0 Å².